The van der Waals surface area contributed by atoms with Crippen LogP contribution in [0.1, 0.15) is 23.1 Å². The van der Waals surface area contributed by atoms with Crippen molar-refractivity contribution in [2.75, 3.05) is 13.7 Å². The fourth-order valence-corrected chi connectivity index (χ4v) is 3.39. The molecule has 0 radical (unpaired) electrons. The van der Waals surface area contributed by atoms with E-state index in [1.165, 1.54) is 5.56 Å². The van der Waals surface area contributed by atoms with E-state index in [4.69, 9.17) is 9.73 Å². The zero-order valence-electron chi connectivity index (χ0n) is 17.7. The van der Waals surface area contributed by atoms with Crippen LogP contribution in [0.4, 0.5) is 0 Å². The van der Waals surface area contributed by atoms with Gasteiger partial charge in [0.25, 0.3) is 0 Å². The number of aromatic nitrogens is 2. The lowest BCUT2D eigenvalue weighted by Crippen LogP contribution is -2.41. The van der Waals surface area contributed by atoms with Crippen molar-refractivity contribution in [3.63, 3.8) is 0 Å². The van der Waals surface area contributed by atoms with Crippen molar-refractivity contribution < 1.29 is 4.74 Å². The Kier molecular flexibility index (Phi) is 7.03. The number of aliphatic imine (C=N–C) groups is 1. The molecule has 4 rings (SSSR count). The lowest BCUT2D eigenvalue weighted by molar-refractivity contribution is 0.279. The van der Waals surface area contributed by atoms with Crippen LogP contribution in [0.3, 0.4) is 0 Å². The van der Waals surface area contributed by atoms with Crippen LogP contribution >= 0.6 is 0 Å². The summed E-state index contributed by atoms with van der Waals surface area (Å²) in [6.45, 7) is 1.39. The summed E-state index contributed by atoms with van der Waals surface area (Å²) in [6, 6.07) is 16.3. The van der Waals surface area contributed by atoms with Crippen molar-refractivity contribution in [1.82, 2.24) is 20.2 Å². The van der Waals surface area contributed by atoms with Gasteiger partial charge in [-0.2, -0.15) is 0 Å². The molecule has 158 valence electrons. The molecule has 1 aromatic carbocycles. The van der Waals surface area contributed by atoms with Crippen LogP contribution in [0.25, 0.3) is 0 Å². The summed E-state index contributed by atoms with van der Waals surface area (Å²) in [4.78, 5) is 15.0. The lowest BCUT2D eigenvalue weighted by Gasteiger charge is -2.28. The van der Waals surface area contributed by atoms with Gasteiger partial charge >= 0.3 is 0 Å². The molecule has 1 aliphatic heterocycles. The Morgan fingerprint density at radius 3 is 2.55 bits per heavy atom. The van der Waals surface area contributed by atoms with Crippen molar-refractivity contribution in [1.29, 1.82) is 0 Å². The highest BCUT2D eigenvalue weighted by Crippen LogP contribution is 2.16. The van der Waals surface area contributed by atoms with Crippen molar-refractivity contribution in [2.24, 2.45) is 4.99 Å². The molecule has 0 saturated carbocycles. The van der Waals surface area contributed by atoms with Gasteiger partial charge in [0.1, 0.15) is 5.75 Å². The van der Waals surface area contributed by atoms with E-state index < -0.39 is 0 Å². The highest BCUT2D eigenvalue weighted by molar-refractivity contribution is 6.08. The molecule has 0 fully saturated rings. The fourth-order valence-electron chi connectivity index (χ4n) is 3.39. The fraction of sp³-hybridized carbons (Fsp3) is 0.240. The molecule has 1 N–H and O–H groups in total. The van der Waals surface area contributed by atoms with Gasteiger partial charge < -0.3 is 9.64 Å². The maximum absolute atomic E-state index is 5.96. The van der Waals surface area contributed by atoms with Crippen LogP contribution < -0.4 is 10.1 Å². The number of aryl methyl sites for hydroxylation is 1. The Labute approximate surface area is 183 Å². The van der Waals surface area contributed by atoms with E-state index in [0.29, 0.717) is 13.2 Å². The summed E-state index contributed by atoms with van der Waals surface area (Å²) in [5.41, 5.74) is 4.46. The maximum Gasteiger partial charge on any atom is 0.176 e. The van der Waals surface area contributed by atoms with E-state index in [-0.39, 0.29) is 6.29 Å². The lowest BCUT2D eigenvalue weighted by atomic mass is 10.1. The molecule has 2 aromatic heterocycles. The number of ether oxygens (including phenoxy) is 1. The molecule has 0 bridgehead atoms. The Morgan fingerprint density at radius 1 is 0.968 bits per heavy atom. The predicted molar refractivity (Wildman–Crippen MR) is 123 cm³/mol. The van der Waals surface area contributed by atoms with E-state index in [2.05, 4.69) is 32.3 Å². The second kappa shape index (κ2) is 10.5. The van der Waals surface area contributed by atoms with Gasteiger partial charge in [-0.1, -0.05) is 12.1 Å². The van der Waals surface area contributed by atoms with E-state index in [9.17, 15) is 0 Å². The third kappa shape index (κ3) is 5.99. The average Bonchev–Trinajstić information content (AvgIpc) is 2.83. The second-order valence-corrected chi connectivity index (χ2v) is 7.44. The number of nitrogens with zero attached hydrogens (tertiary/aromatic N) is 4. The second-order valence-electron chi connectivity index (χ2n) is 7.44. The van der Waals surface area contributed by atoms with Crippen LogP contribution in [-0.4, -0.2) is 40.5 Å². The highest BCUT2D eigenvalue weighted by atomic mass is 16.5. The van der Waals surface area contributed by atoms with Crippen LogP contribution in [-0.2, 0) is 13.0 Å². The SMILES string of the molecule is CN1C=CC(c2ccncc2)=NC1NCc1cccc(OCCCc2ccncc2)c1. The van der Waals surface area contributed by atoms with Gasteiger partial charge in [0.2, 0.25) is 0 Å². The van der Waals surface area contributed by atoms with E-state index in [0.717, 1.165) is 35.4 Å². The summed E-state index contributed by atoms with van der Waals surface area (Å²) < 4.78 is 5.96. The number of nitrogens with one attached hydrogen (secondary N) is 1. The largest absolute Gasteiger partial charge is 0.494 e. The summed E-state index contributed by atoms with van der Waals surface area (Å²) in [6.07, 6.45) is 13.1. The van der Waals surface area contributed by atoms with Crippen molar-refractivity contribution >= 4 is 5.71 Å². The molecule has 1 aliphatic rings. The van der Waals surface area contributed by atoms with Gasteiger partial charge in [-0.25, -0.2) is 4.99 Å². The minimum absolute atomic E-state index is 0.127. The van der Waals surface area contributed by atoms with Crippen molar-refractivity contribution in [3.05, 3.63) is 102 Å². The predicted octanol–water partition coefficient (Wildman–Crippen LogP) is 3.81. The molecular formula is C25H27N5O. The number of benzene rings is 1. The maximum atomic E-state index is 5.96. The van der Waals surface area contributed by atoms with Crippen LogP contribution in [0.15, 0.2) is 90.6 Å². The molecule has 3 heterocycles. The zero-order chi connectivity index (χ0) is 21.3. The molecule has 1 atom stereocenters. The third-order valence-corrected chi connectivity index (χ3v) is 5.11. The van der Waals surface area contributed by atoms with Crippen LogP contribution in [0.5, 0.6) is 5.75 Å². The molecule has 0 spiro atoms. The standard InChI is InChI=1S/C25H27N5O/c1-30-16-11-24(22-9-14-27-15-10-22)29-25(30)28-19-21-4-2-6-23(18-21)31-17-3-5-20-7-12-26-13-8-20/h2,4,6-16,18,25,28H,3,5,17,19H2,1H3. The smallest absolute Gasteiger partial charge is 0.176 e. The number of hydrogen-bond acceptors (Lipinski definition) is 6. The van der Waals surface area contributed by atoms with Gasteiger partial charge in [-0.05, 0) is 66.4 Å². The quantitative estimate of drug-likeness (QED) is 0.541. The molecule has 0 aliphatic carbocycles. The molecule has 0 saturated heterocycles. The number of rotatable bonds is 9. The molecule has 1 unspecified atom stereocenters. The summed E-state index contributed by atoms with van der Waals surface area (Å²) >= 11 is 0. The van der Waals surface area contributed by atoms with Gasteiger partial charge in [0.05, 0.1) is 12.3 Å². The van der Waals surface area contributed by atoms with E-state index >= 15 is 0 Å². The van der Waals surface area contributed by atoms with Gasteiger partial charge in [0, 0.05) is 50.1 Å². The first-order valence-corrected chi connectivity index (χ1v) is 10.5. The molecule has 6 heteroatoms. The Hall–Kier alpha value is -3.51. The molecule has 6 nitrogen and oxygen atoms in total. The zero-order valence-corrected chi connectivity index (χ0v) is 17.7. The Bertz CT molecular complexity index is 1020. The van der Waals surface area contributed by atoms with Crippen LogP contribution in [0.2, 0.25) is 0 Å². The summed E-state index contributed by atoms with van der Waals surface area (Å²) in [5, 5.41) is 3.51. The van der Waals surface area contributed by atoms with Gasteiger partial charge in [-0.3, -0.25) is 15.3 Å². The summed E-state index contributed by atoms with van der Waals surface area (Å²) in [7, 11) is 2.02. The minimum atomic E-state index is -0.127. The Morgan fingerprint density at radius 2 is 1.74 bits per heavy atom. The first-order valence-electron chi connectivity index (χ1n) is 10.5. The normalized spacial score (nSPS) is 15.6. The van der Waals surface area contributed by atoms with Gasteiger partial charge in [0.15, 0.2) is 6.29 Å². The third-order valence-electron chi connectivity index (χ3n) is 5.11. The number of hydrogen-bond donors (Lipinski definition) is 1. The topological polar surface area (TPSA) is 62.6 Å². The van der Waals surface area contributed by atoms with Gasteiger partial charge in [-0.15, -0.1) is 0 Å². The van der Waals surface area contributed by atoms with E-state index in [1.54, 1.807) is 12.4 Å². The number of pyridine rings is 2. The summed E-state index contributed by atoms with van der Waals surface area (Å²) in [5.74, 6) is 0.895. The molecule has 0 amide bonds. The monoisotopic (exact) mass is 413 g/mol. The molecule has 3 aromatic rings. The minimum Gasteiger partial charge on any atom is -0.494 e. The highest BCUT2D eigenvalue weighted by Gasteiger charge is 2.15. The van der Waals surface area contributed by atoms with E-state index in [1.807, 2.05) is 68.1 Å². The van der Waals surface area contributed by atoms with Crippen molar-refractivity contribution in [3.8, 4) is 5.75 Å². The van der Waals surface area contributed by atoms with Crippen molar-refractivity contribution in [2.45, 2.75) is 25.7 Å². The number of allylic oxidation sites excluding steroid dienone is 1. The average molecular weight is 414 g/mol. The first-order chi connectivity index (χ1) is 15.3. The molecular weight excluding hydrogens is 386 g/mol. The Balaban J connectivity index is 1.29. The molecule has 31 heavy (non-hydrogen) atoms. The van der Waals surface area contributed by atoms with Crippen LogP contribution in [0, 0.1) is 0 Å². The first kappa shape index (κ1) is 20.8.